The van der Waals surface area contributed by atoms with Crippen molar-refractivity contribution in [3.8, 4) is 39.8 Å². The molecule has 9 nitrogen and oxygen atoms in total. The molecule has 44 heavy (non-hydrogen) atoms. The Hall–Kier alpha value is -3.92. The summed E-state index contributed by atoms with van der Waals surface area (Å²) >= 11 is 1.73. The highest BCUT2D eigenvalue weighted by Crippen LogP contribution is 2.51. The Labute approximate surface area is 261 Å². The third kappa shape index (κ3) is 4.17. The normalized spacial score (nSPS) is 18.3. The first-order valence-electron chi connectivity index (χ1n) is 15.6. The molecular formula is C34H39N4O5S+. The highest BCUT2D eigenvalue weighted by molar-refractivity contribution is 7.17. The molecule has 4 aliphatic rings. The van der Waals surface area contributed by atoms with Crippen molar-refractivity contribution in [1.29, 1.82) is 0 Å². The molecule has 0 fully saturated rings. The second kappa shape index (κ2) is 10.1. The number of nitrogens with zero attached hydrogens (tertiary/aromatic N) is 3. The van der Waals surface area contributed by atoms with E-state index in [9.17, 15) is 4.79 Å². The topological polar surface area (TPSA) is 77.6 Å². The van der Waals surface area contributed by atoms with E-state index in [1.807, 2.05) is 12.1 Å². The molecule has 1 unspecified atom stereocenters. The van der Waals surface area contributed by atoms with Gasteiger partial charge >= 0.3 is 10.9 Å². The fourth-order valence-corrected chi connectivity index (χ4v) is 8.69. The van der Waals surface area contributed by atoms with Crippen LogP contribution in [-0.2, 0) is 22.4 Å². The zero-order valence-corrected chi connectivity index (χ0v) is 26.9. The van der Waals surface area contributed by atoms with Crippen LogP contribution in [0.5, 0.6) is 17.2 Å². The van der Waals surface area contributed by atoms with E-state index in [0.717, 1.165) is 94.2 Å². The number of methoxy groups -OCH3 is 1. The van der Waals surface area contributed by atoms with Gasteiger partial charge < -0.3 is 29.2 Å². The third-order valence-electron chi connectivity index (χ3n) is 9.18. The molecule has 1 N–H and O–H groups in total. The minimum atomic E-state index is -0.258. The Bertz CT molecular complexity index is 1830. The summed E-state index contributed by atoms with van der Waals surface area (Å²) in [4.78, 5) is 17.6. The summed E-state index contributed by atoms with van der Waals surface area (Å²) in [7, 11) is 1.46. The number of hydrogen-bond acceptors (Lipinski definition) is 8. The number of para-hydroxylation sites is 1. The van der Waals surface area contributed by atoms with Crippen LogP contribution in [0.1, 0.15) is 62.1 Å². The van der Waals surface area contributed by atoms with Crippen molar-refractivity contribution >= 4 is 33.8 Å². The minimum Gasteiger partial charge on any atom is -0.488 e. The van der Waals surface area contributed by atoms with Crippen molar-refractivity contribution in [3.05, 3.63) is 40.3 Å². The number of aromatic nitrogens is 2. The van der Waals surface area contributed by atoms with E-state index in [-0.39, 0.29) is 30.8 Å². The van der Waals surface area contributed by atoms with Crippen LogP contribution in [0.3, 0.4) is 0 Å². The van der Waals surface area contributed by atoms with Crippen molar-refractivity contribution in [2.24, 2.45) is 0 Å². The van der Waals surface area contributed by atoms with Crippen LogP contribution in [0.4, 0.5) is 11.5 Å². The Morgan fingerprint density at radius 2 is 1.93 bits per heavy atom. The number of aryl methyl sites for hydroxylation is 2. The molecule has 8 rings (SSSR count). The number of benzene rings is 2. The average Bonchev–Trinajstić information content (AvgIpc) is 3.65. The molecule has 230 valence electrons. The SMILES string of the molecule is COC(=O)CC1COc2c(cc3c4c2CCCN4CCC3)-c2c(NC(C)(C)C)n3c(-c4cccc5c4OCO5)c(C)sc3[n+]21. The van der Waals surface area contributed by atoms with Crippen LogP contribution in [0.2, 0.25) is 0 Å². The van der Waals surface area contributed by atoms with Gasteiger partial charge in [0, 0.05) is 29.9 Å². The van der Waals surface area contributed by atoms with E-state index < -0.39 is 0 Å². The minimum absolute atomic E-state index is 0.208. The predicted molar refractivity (Wildman–Crippen MR) is 171 cm³/mol. The van der Waals surface area contributed by atoms with Gasteiger partial charge in [0.1, 0.15) is 18.4 Å². The lowest BCUT2D eigenvalue weighted by Gasteiger charge is -2.38. The molecular weight excluding hydrogens is 576 g/mol. The van der Waals surface area contributed by atoms with Gasteiger partial charge in [-0.15, -0.1) is 0 Å². The summed E-state index contributed by atoms with van der Waals surface area (Å²) in [5.74, 6) is 3.22. The average molecular weight is 616 g/mol. The lowest BCUT2D eigenvalue weighted by molar-refractivity contribution is -0.684. The number of carbonyl (C=O) groups is 1. The van der Waals surface area contributed by atoms with Gasteiger partial charge in [-0.2, -0.15) is 4.40 Å². The highest BCUT2D eigenvalue weighted by atomic mass is 32.1. The van der Waals surface area contributed by atoms with Crippen LogP contribution in [0.15, 0.2) is 24.3 Å². The molecule has 0 aliphatic carbocycles. The number of esters is 1. The highest BCUT2D eigenvalue weighted by Gasteiger charge is 2.44. The van der Waals surface area contributed by atoms with Crippen LogP contribution in [0.25, 0.3) is 27.5 Å². The molecule has 0 saturated carbocycles. The van der Waals surface area contributed by atoms with E-state index in [2.05, 4.69) is 59.0 Å². The molecule has 0 saturated heterocycles. The largest absolute Gasteiger partial charge is 0.488 e. The molecule has 10 heteroatoms. The Kier molecular flexibility index (Phi) is 6.31. The van der Waals surface area contributed by atoms with Crippen molar-refractivity contribution < 1.29 is 28.3 Å². The number of nitrogens with one attached hydrogen (secondary N) is 1. The number of ether oxygens (including phenoxy) is 4. The first kappa shape index (κ1) is 27.6. The van der Waals surface area contributed by atoms with Crippen LogP contribution in [-0.4, -0.2) is 49.5 Å². The smallest absolute Gasteiger partial charge is 0.349 e. The molecule has 0 spiro atoms. The summed E-state index contributed by atoms with van der Waals surface area (Å²) in [5.41, 5.74) is 8.03. The van der Waals surface area contributed by atoms with Crippen LogP contribution in [0, 0.1) is 6.92 Å². The number of thiazole rings is 1. The van der Waals surface area contributed by atoms with Gasteiger partial charge in [0.05, 0.1) is 29.5 Å². The quantitative estimate of drug-likeness (QED) is 0.221. The maximum absolute atomic E-state index is 12.9. The predicted octanol–water partition coefficient (Wildman–Crippen LogP) is 6.07. The zero-order valence-electron chi connectivity index (χ0n) is 26.0. The van der Waals surface area contributed by atoms with Crippen molar-refractivity contribution in [2.75, 3.05) is 43.8 Å². The maximum Gasteiger partial charge on any atom is 0.349 e. The second-order valence-electron chi connectivity index (χ2n) is 13.3. The zero-order chi connectivity index (χ0) is 30.3. The second-order valence-corrected chi connectivity index (χ2v) is 14.5. The van der Waals surface area contributed by atoms with E-state index in [1.54, 1.807) is 11.3 Å². The number of rotatable bonds is 4. The summed E-state index contributed by atoms with van der Waals surface area (Å²) < 4.78 is 28.5. The summed E-state index contributed by atoms with van der Waals surface area (Å²) in [5, 5.41) is 3.91. The van der Waals surface area contributed by atoms with E-state index in [4.69, 9.17) is 18.9 Å². The van der Waals surface area contributed by atoms with E-state index in [1.165, 1.54) is 23.9 Å². The first-order chi connectivity index (χ1) is 21.2. The van der Waals surface area contributed by atoms with Gasteiger partial charge in [0.15, 0.2) is 17.2 Å². The van der Waals surface area contributed by atoms with Crippen LogP contribution >= 0.6 is 11.3 Å². The number of hydrogen-bond donors (Lipinski definition) is 1. The summed E-state index contributed by atoms with van der Waals surface area (Å²) in [6, 6.07) is 8.20. The molecule has 6 heterocycles. The number of fused-ring (bicyclic) bond motifs is 7. The third-order valence-corrected chi connectivity index (χ3v) is 10.2. The lowest BCUT2D eigenvalue weighted by atomic mass is 9.88. The number of imidazole rings is 1. The van der Waals surface area contributed by atoms with Crippen molar-refractivity contribution in [3.63, 3.8) is 0 Å². The summed E-state index contributed by atoms with van der Waals surface area (Å²) in [6.07, 6.45) is 4.52. The van der Waals surface area contributed by atoms with Gasteiger partial charge in [-0.05, 0) is 77.1 Å². The molecule has 0 amide bonds. The molecule has 2 aromatic heterocycles. The molecule has 2 aromatic carbocycles. The standard InChI is InChI=1S/C34H39N4O5S/c1-19-27(22-10-6-12-25-31(22)43-18-42-25)38-32(35-34(2,3)4)29-24-15-20-9-7-13-36-14-8-11-23(28(20)36)30(24)41-17-21(16-26(39)40-5)37(29)33(38)44-19/h6,10,12,15,21,35H,7-9,11,13-14,16-18H2,1-5H3/q+1. The molecule has 4 aromatic rings. The lowest BCUT2D eigenvalue weighted by Crippen LogP contribution is -2.43. The van der Waals surface area contributed by atoms with Crippen LogP contribution < -0.4 is 29.0 Å². The molecule has 0 radical (unpaired) electrons. The monoisotopic (exact) mass is 615 g/mol. The Balaban J connectivity index is 1.48. The first-order valence-corrected chi connectivity index (χ1v) is 16.5. The fourth-order valence-electron chi connectivity index (χ4n) is 7.51. The van der Waals surface area contributed by atoms with Gasteiger partial charge in [-0.25, -0.2) is 4.57 Å². The van der Waals surface area contributed by atoms with Gasteiger partial charge in [-0.1, -0.05) is 17.4 Å². The molecule has 4 aliphatic heterocycles. The summed E-state index contributed by atoms with van der Waals surface area (Å²) in [6.45, 7) is 11.5. The Morgan fingerprint density at radius 3 is 2.73 bits per heavy atom. The molecule has 0 bridgehead atoms. The fraction of sp³-hybridized carbons (Fsp3) is 0.471. The Morgan fingerprint density at radius 1 is 1.11 bits per heavy atom. The van der Waals surface area contributed by atoms with Gasteiger partial charge in [0.25, 0.3) is 0 Å². The number of carbonyl (C=O) groups excluding carboxylic acids is 1. The van der Waals surface area contributed by atoms with E-state index >= 15 is 0 Å². The van der Waals surface area contributed by atoms with Crippen molar-refractivity contribution in [1.82, 2.24) is 4.40 Å². The van der Waals surface area contributed by atoms with E-state index in [0.29, 0.717) is 6.61 Å². The van der Waals surface area contributed by atoms with Gasteiger partial charge in [-0.3, -0.25) is 4.79 Å². The van der Waals surface area contributed by atoms with Gasteiger partial charge in [0.2, 0.25) is 18.3 Å². The number of anilines is 2. The van der Waals surface area contributed by atoms with Crippen molar-refractivity contribution in [2.45, 2.75) is 71.4 Å². The maximum atomic E-state index is 12.9. The molecule has 1 atom stereocenters.